The molecule has 2 N–H and O–H groups in total. The highest BCUT2D eigenvalue weighted by atomic mass is 32.2. The lowest BCUT2D eigenvalue weighted by atomic mass is 10.1. The second-order valence-corrected chi connectivity index (χ2v) is 8.88. The number of nitrogens with zero attached hydrogens (tertiary/aromatic N) is 4. The number of nitrogens with one attached hydrogen (secondary N) is 2. The Labute approximate surface area is 201 Å². The number of thioether (sulfide) groups is 1. The molecule has 0 fully saturated rings. The number of aryl methyl sites for hydroxylation is 1. The van der Waals surface area contributed by atoms with Crippen LogP contribution in [0.4, 0.5) is 5.69 Å². The highest BCUT2D eigenvalue weighted by Gasteiger charge is 2.15. The van der Waals surface area contributed by atoms with Crippen LogP contribution in [0.25, 0.3) is 33.8 Å². The number of carbonyl (C=O) groups is 1. The molecule has 7 nitrogen and oxygen atoms in total. The number of hydrogen-bond donors (Lipinski definition) is 2. The lowest BCUT2D eigenvalue weighted by Gasteiger charge is -2.08. The smallest absolute Gasteiger partial charge is 0.234 e. The zero-order valence-corrected chi connectivity index (χ0v) is 19.8. The van der Waals surface area contributed by atoms with Crippen molar-refractivity contribution in [3.8, 4) is 22.8 Å². The normalized spacial score (nSPS) is 11.1. The Morgan fingerprint density at radius 2 is 1.82 bits per heavy atom. The first-order chi connectivity index (χ1) is 16.6. The zero-order valence-electron chi connectivity index (χ0n) is 18.9. The molecule has 0 radical (unpaired) electrons. The summed E-state index contributed by atoms with van der Waals surface area (Å²) >= 11 is 1.38. The summed E-state index contributed by atoms with van der Waals surface area (Å²) in [7, 11) is 0. The molecule has 0 bridgehead atoms. The Hall–Kier alpha value is -3.91. The van der Waals surface area contributed by atoms with Gasteiger partial charge < -0.3 is 14.9 Å². The molecule has 5 rings (SSSR count). The molecule has 0 spiro atoms. The van der Waals surface area contributed by atoms with E-state index in [2.05, 4.69) is 51.5 Å². The highest BCUT2D eigenvalue weighted by molar-refractivity contribution is 7.99. The van der Waals surface area contributed by atoms with Gasteiger partial charge in [0.2, 0.25) is 5.91 Å². The molecule has 0 aliphatic carbocycles. The van der Waals surface area contributed by atoms with E-state index < -0.39 is 0 Å². The van der Waals surface area contributed by atoms with E-state index in [1.54, 1.807) is 0 Å². The molecule has 0 unspecified atom stereocenters. The summed E-state index contributed by atoms with van der Waals surface area (Å²) in [6.07, 6.45) is 0. The van der Waals surface area contributed by atoms with Gasteiger partial charge in [0.1, 0.15) is 5.82 Å². The van der Waals surface area contributed by atoms with Gasteiger partial charge in [-0.25, -0.2) is 4.98 Å². The number of hydrogen-bond acceptors (Lipinski definition) is 5. The van der Waals surface area contributed by atoms with Gasteiger partial charge in [-0.05, 0) is 56.3 Å². The molecule has 1 amide bonds. The van der Waals surface area contributed by atoms with Crippen LogP contribution >= 0.6 is 11.8 Å². The fourth-order valence-electron chi connectivity index (χ4n) is 3.81. The largest absolute Gasteiger partial charge is 0.338 e. The van der Waals surface area contributed by atoms with Crippen molar-refractivity contribution in [2.24, 2.45) is 0 Å². The van der Waals surface area contributed by atoms with Crippen molar-refractivity contribution < 1.29 is 4.79 Å². The number of aromatic nitrogens is 5. The number of anilines is 1. The number of aromatic amines is 1. The lowest BCUT2D eigenvalue weighted by Crippen LogP contribution is -2.14. The van der Waals surface area contributed by atoms with Gasteiger partial charge in [-0.3, -0.25) is 4.79 Å². The van der Waals surface area contributed by atoms with Crippen LogP contribution in [0.3, 0.4) is 0 Å². The Bertz CT molecular complexity index is 1420. The number of rotatable bonds is 7. The first kappa shape index (κ1) is 21.9. The Kier molecular flexibility index (Phi) is 6.14. The van der Waals surface area contributed by atoms with E-state index in [9.17, 15) is 4.79 Å². The number of imidazole rings is 1. The third-order valence-corrected chi connectivity index (χ3v) is 6.44. The molecule has 2 aromatic heterocycles. The van der Waals surface area contributed by atoms with Crippen molar-refractivity contribution in [3.05, 3.63) is 78.4 Å². The van der Waals surface area contributed by atoms with Crippen LogP contribution in [0.2, 0.25) is 0 Å². The van der Waals surface area contributed by atoms with E-state index in [1.165, 1.54) is 17.3 Å². The van der Waals surface area contributed by atoms with E-state index in [0.29, 0.717) is 0 Å². The summed E-state index contributed by atoms with van der Waals surface area (Å²) in [5.41, 5.74) is 5.82. The number of H-pyrrole nitrogens is 1. The number of benzene rings is 3. The summed E-state index contributed by atoms with van der Waals surface area (Å²) in [4.78, 5) is 20.5. The lowest BCUT2D eigenvalue weighted by molar-refractivity contribution is -0.113. The molecule has 0 saturated heterocycles. The van der Waals surface area contributed by atoms with Crippen LogP contribution in [-0.2, 0) is 11.3 Å². The average Bonchev–Trinajstić information content (AvgIpc) is 3.47. The van der Waals surface area contributed by atoms with E-state index >= 15 is 0 Å². The highest BCUT2D eigenvalue weighted by Crippen LogP contribution is 2.25. The second-order valence-electron chi connectivity index (χ2n) is 7.94. The van der Waals surface area contributed by atoms with Crippen molar-refractivity contribution in [1.82, 2.24) is 24.7 Å². The standard InChI is InChI=1S/C26H24N6OS/c1-3-32-25(19-8-6-7-17(2)15-19)30-31-26(32)34-16-23(33)27-20-13-11-18(12-14-20)24-28-21-9-4-5-10-22(21)29-24/h4-15H,3,16H2,1-2H3,(H,27,33)(H,28,29). The summed E-state index contributed by atoms with van der Waals surface area (Å²) in [5.74, 6) is 1.77. The monoisotopic (exact) mass is 468 g/mol. The number of fused-ring (bicyclic) bond motifs is 1. The summed E-state index contributed by atoms with van der Waals surface area (Å²) in [6.45, 7) is 4.83. The topological polar surface area (TPSA) is 88.5 Å². The molecule has 5 aromatic rings. The second kappa shape index (κ2) is 9.52. The van der Waals surface area contributed by atoms with Crippen molar-refractivity contribution in [1.29, 1.82) is 0 Å². The van der Waals surface area contributed by atoms with Gasteiger partial charge in [0, 0.05) is 23.4 Å². The van der Waals surface area contributed by atoms with E-state index in [1.807, 2.05) is 65.2 Å². The van der Waals surface area contributed by atoms with Crippen LogP contribution in [0, 0.1) is 6.92 Å². The third-order valence-electron chi connectivity index (χ3n) is 5.47. The Morgan fingerprint density at radius 1 is 1.00 bits per heavy atom. The molecule has 170 valence electrons. The first-order valence-corrected chi connectivity index (χ1v) is 12.1. The zero-order chi connectivity index (χ0) is 23.5. The molecular formula is C26H24N6OS. The molecule has 2 heterocycles. The predicted molar refractivity (Wildman–Crippen MR) is 137 cm³/mol. The Balaban J connectivity index is 1.23. The van der Waals surface area contributed by atoms with Crippen LogP contribution in [0.15, 0.2) is 78.0 Å². The minimum Gasteiger partial charge on any atom is -0.338 e. The maximum atomic E-state index is 12.6. The van der Waals surface area contributed by atoms with Crippen LogP contribution in [0.5, 0.6) is 0 Å². The van der Waals surface area contributed by atoms with Gasteiger partial charge in [0.15, 0.2) is 11.0 Å². The third kappa shape index (κ3) is 4.58. The summed E-state index contributed by atoms with van der Waals surface area (Å²) < 4.78 is 2.04. The minimum atomic E-state index is -0.0933. The fraction of sp³-hybridized carbons (Fsp3) is 0.154. The fourth-order valence-corrected chi connectivity index (χ4v) is 4.61. The van der Waals surface area contributed by atoms with Crippen LogP contribution < -0.4 is 5.32 Å². The summed E-state index contributed by atoms with van der Waals surface area (Å²) in [6, 6.07) is 23.8. The van der Waals surface area contributed by atoms with Crippen molar-refractivity contribution >= 4 is 34.4 Å². The maximum absolute atomic E-state index is 12.6. The number of para-hydroxylation sites is 2. The SMILES string of the molecule is CCn1c(SCC(=O)Nc2ccc(-c3nc4ccccc4[nH]3)cc2)nnc1-c1cccc(C)c1. The van der Waals surface area contributed by atoms with Gasteiger partial charge in [0.25, 0.3) is 0 Å². The van der Waals surface area contributed by atoms with Gasteiger partial charge in [0.05, 0.1) is 16.8 Å². The van der Waals surface area contributed by atoms with Gasteiger partial charge in [-0.15, -0.1) is 10.2 Å². The van der Waals surface area contributed by atoms with Gasteiger partial charge in [-0.1, -0.05) is 47.7 Å². The van der Waals surface area contributed by atoms with Crippen molar-refractivity contribution in [2.45, 2.75) is 25.5 Å². The number of carbonyl (C=O) groups excluding carboxylic acids is 1. The average molecular weight is 469 g/mol. The van der Waals surface area contributed by atoms with Crippen molar-refractivity contribution in [2.75, 3.05) is 11.1 Å². The van der Waals surface area contributed by atoms with Crippen LogP contribution in [-0.4, -0.2) is 36.4 Å². The molecule has 0 aliphatic rings. The predicted octanol–water partition coefficient (Wildman–Crippen LogP) is 5.55. The van der Waals surface area contributed by atoms with E-state index in [0.717, 1.165) is 51.2 Å². The summed E-state index contributed by atoms with van der Waals surface area (Å²) in [5, 5.41) is 12.4. The molecule has 8 heteroatoms. The molecule has 0 saturated carbocycles. The minimum absolute atomic E-state index is 0.0933. The van der Waals surface area contributed by atoms with E-state index in [-0.39, 0.29) is 11.7 Å². The maximum Gasteiger partial charge on any atom is 0.234 e. The quantitative estimate of drug-likeness (QED) is 0.306. The molecular weight excluding hydrogens is 444 g/mol. The Morgan fingerprint density at radius 3 is 2.59 bits per heavy atom. The molecule has 0 atom stereocenters. The molecule has 0 aliphatic heterocycles. The first-order valence-electron chi connectivity index (χ1n) is 11.1. The molecule has 34 heavy (non-hydrogen) atoms. The van der Waals surface area contributed by atoms with E-state index in [4.69, 9.17) is 0 Å². The van der Waals surface area contributed by atoms with Gasteiger partial charge in [-0.2, -0.15) is 0 Å². The van der Waals surface area contributed by atoms with Gasteiger partial charge >= 0.3 is 0 Å². The van der Waals surface area contributed by atoms with Crippen molar-refractivity contribution in [3.63, 3.8) is 0 Å². The number of amides is 1. The molecule has 3 aromatic carbocycles. The van der Waals surface area contributed by atoms with Crippen LogP contribution in [0.1, 0.15) is 12.5 Å².